The third kappa shape index (κ3) is 5.97. The molecule has 1 aromatic rings. The van der Waals surface area contributed by atoms with Crippen LogP contribution in [0.3, 0.4) is 0 Å². The molecular weight excluding hydrogens is 378 g/mol. The molecule has 2 aliphatic heterocycles. The van der Waals surface area contributed by atoms with Gasteiger partial charge in [-0.1, -0.05) is 12.1 Å². The number of benzene rings is 1. The van der Waals surface area contributed by atoms with Gasteiger partial charge in [-0.2, -0.15) is 0 Å². The zero-order valence-electron chi connectivity index (χ0n) is 18.3. The van der Waals surface area contributed by atoms with E-state index in [-0.39, 0.29) is 11.8 Å². The number of rotatable bonds is 5. The first-order valence-corrected chi connectivity index (χ1v) is 11.1. The number of carbonyl (C=O) groups excluding carboxylic acids is 2. The normalized spacial score (nSPS) is 18.3. The van der Waals surface area contributed by atoms with Crippen molar-refractivity contribution in [2.24, 2.45) is 10.9 Å². The molecule has 0 unspecified atom stereocenters. The highest BCUT2D eigenvalue weighted by molar-refractivity contribution is 5.94. The van der Waals surface area contributed by atoms with Gasteiger partial charge in [-0.15, -0.1) is 0 Å². The van der Waals surface area contributed by atoms with Gasteiger partial charge in [-0.25, -0.2) is 0 Å². The summed E-state index contributed by atoms with van der Waals surface area (Å²) in [7, 11) is 3.49. The summed E-state index contributed by atoms with van der Waals surface area (Å²) in [6.45, 7) is 4.16. The van der Waals surface area contributed by atoms with E-state index >= 15 is 0 Å². The molecule has 2 aliphatic rings. The zero-order chi connectivity index (χ0) is 21.3. The minimum absolute atomic E-state index is 0.120. The molecule has 2 saturated heterocycles. The fourth-order valence-corrected chi connectivity index (χ4v) is 4.32. The minimum Gasteiger partial charge on any atom is -0.359 e. The SMILES string of the molecule is CN=C(NCc1cccc(C(=O)N2CCCCC2)c1)N1CCC(CC(=O)NC)CC1. The Morgan fingerprint density at radius 3 is 2.47 bits per heavy atom. The van der Waals surface area contributed by atoms with Crippen LogP contribution in [0.5, 0.6) is 0 Å². The Morgan fingerprint density at radius 1 is 1.07 bits per heavy atom. The van der Waals surface area contributed by atoms with E-state index in [9.17, 15) is 9.59 Å². The van der Waals surface area contributed by atoms with Crippen molar-refractivity contribution in [3.8, 4) is 0 Å². The van der Waals surface area contributed by atoms with Gasteiger partial charge < -0.3 is 20.4 Å². The Kier molecular flexibility index (Phi) is 8.11. The van der Waals surface area contributed by atoms with Gasteiger partial charge in [0, 0.05) is 58.8 Å². The average molecular weight is 414 g/mol. The second kappa shape index (κ2) is 11.0. The Balaban J connectivity index is 1.52. The number of hydrogen-bond donors (Lipinski definition) is 2. The molecular formula is C23H35N5O2. The van der Waals surface area contributed by atoms with Crippen LogP contribution in [-0.4, -0.2) is 67.8 Å². The van der Waals surface area contributed by atoms with Gasteiger partial charge in [0.05, 0.1) is 0 Å². The number of amides is 2. The molecule has 2 heterocycles. The molecule has 0 aromatic heterocycles. The van der Waals surface area contributed by atoms with E-state index in [1.54, 1.807) is 14.1 Å². The fourth-order valence-electron chi connectivity index (χ4n) is 4.32. The first-order valence-electron chi connectivity index (χ1n) is 11.1. The topological polar surface area (TPSA) is 77.0 Å². The fraction of sp³-hybridized carbons (Fsp3) is 0.609. The molecule has 3 rings (SSSR count). The van der Waals surface area contributed by atoms with Crippen LogP contribution >= 0.6 is 0 Å². The largest absolute Gasteiger partial charge is 0.359 e. The van der Waals surface area contributed by atoms with Crippen molar-refractivity contribution in [3.05, 3.63) is 35.4 Å². The molecule has 2 amide bonds. The Labute approximate surface area is 179 Å². The molecule has 30 heavy (non-hydrogen) atoms. The van der Waals surface area contributed by atoms with Crippen LogP contribution in [0.1, 0.15) is 54.4 Å². The number of carbonyl (C=O) groups is 2. The van der Waals surface area contributed by atoms with Gasteiger partial charge in [0.1, 0.15) is 0 Å². The van der Waals surface area contributed by atoms with Crippen LogP contribution in [0.25, 0.3) is 0 Å². The highest BCUT2D eigenvalue weighted by Gasteiger charge is 2.23. The molecule has 0 aliphatic carbocycles. The third-order valence-corrected chi connectivity index (χ3v) is 6.15. The number of likely N-dealkylation sites (tertiary alicyclic amines) is 2. The molecule has 0 spiro atoms. The van der Waals surface area contributed by atoms with Crippen LogP contribution < -0.4 is 10.6 Å². The van der Waals surface area contributed by atoms with Crippen LogP contribution in [0.2, 0.25) is 0 Å². The predicted molar refractivity (Wildman–Crippen MR) is 119 cm³/mol. The van der Waals surface area contributed by atoms with E-state index in [1.165, 1.54) is 6.42 Å². The van der Waals surface area contributed by atoms with Crippen molar-refractivity contribution in [2.75, 3.05) is 40.3 Å². The molecule has 0 atom stereocenters. The number of piperidine rings is 2. The summed E-state index contributed by atoms with van der Waals surface area (Å²) in [6, 6.07) is 7.91. The molecule has 0 bridgehead atoms. The second-order valence-corrected chi connectivity index (χ2v) is 8.26. The van der Waals surface area contributed by atoms with Crippen molar-refractivity contribution >= 4 is 17.8 Å². The number of hydrogen-bond acceptors (Lipinski definition) is 3. The standard InChI is InChI=1S/C23H35N5O2/c1-24-21(29)16-18-9-13-28(14-10-18)23(25-2)26-17-19-7-6-8-20(15-19)22(30)27-11-4-3-5-12-27/h6-8,15,18H,3-5,9-14,16-17H2,1-2H3,(H,24,29)(H,25,26). The highest BCUT2D eigenvalue weighted by Crippen LogP contribution is 2.20. The maximum atomic E-state index is 12.8. The summed E-state index contributed by atoms with van der Waals surface area (Å²) >= 11 is 0. The van der Waals surface area contributed by atoms with Gasteiger partial charge in [0.15, 0.2) is 5.96 Å². The summed E-state index contributed by atoms with van der Waals surface area (Å²) in [5.74, 6) is 1.58. The maximum absolute atomic E-state index is 12.8. The number of nitrogens with zero attached hydrogens (tertiary/aromatic N) is 3. The van der Waals surface area contributed by atoms with Crippen molar-refractivity contribution < 1.29 is 9.59 Å². The first-order chi connectivity index (χ1) is 14.6. The molecule has 0 saturated carbocycles. The predicted octanol–water partition coefficient (Wildman–Crippen LogP) is 2.24. The number of aliphatic imine (C=N–C) groups is 1. The lowest BCUT2D eigenvalue weighted by Gasteiger charge is -2.34. The molecule has 1 aromatic carbocycles. The van der Waals surface area contributed by atoms with Crippen molar-refractivity contribution in [1.29, 1.82) is 0 Å². The zero-order valence-corrected chi connectivity index (χ0v) is 18.3. The van der Waals surface area contributed by atoms with E-state index < -0.39 is 0 Å². The lowest BCUT2D eigenvalue weighted by Crippen LogP contribution is -2.45. The Morgan fingerprint density at radius 2 is 1.80 bits per heavy atom. The number of guanidine groups is 1. The van der Waals surface area contributed by atoms with Crippen LogP contribution in [0.15, 0.2) is 29.3 Å². The maximum Gasteiger partial charge on any atom is 0.253 e. The quantitative estimate of drug-likeness (QED) is 0.573. The van der Waals surface area contributed by atoms with E-state index in [1.807, 2.05) is 29.2 Å². The van der Waals surface area contributed by atoms with Crippen LogP contribution in [0, 0.1) is 5.92 Å². The summed E-state index contributed by atoms with van der Waals surface area (Å²) < 4.78 is 0. The van der Waals surface area contributed by atoms with Gasteiger partial charge in [-0.05, 0) is 55.7 Å². The average Bonchev–Trinajstić information content (AvgIpc) is 2.80. The van der Waals surface area contributed by atoms with E-state index in [2.05, 4.69) is 20.5 Å². The first kappa shape index (κ1) is 22.1. The summed E-state index contributed by atoms with van der Waals surface area (Å²) in [5, 5.41) is 6.15. The third-order valence-electron chi connectivity index (χ3n) is 6.15. The molecule has 7 heteroatoms. The molecule has 0 radical (unpaired) electrons. The van der Waals surface area contributed by atoms with Crippen molar-refractivity contribution in [3.63, 3.8) is 0 Å². The number of nitrogens with one attached hydrogen (secondary N) is 2. The van der Waals surface area contributed by atoms with Gasteiger partial charge in [0.25, 0.3) is 5.91 Å². The Bertz CT molecular complexity index is 750. The smallest absolute Gasteiger partial charge is 0.253 e. The van der Waals surface area contributed by atoms with Crippen molar-refractivity contribution in [2.45, 2.75) is 45.1 Å². The summed E-state index contributed by atoms with van der Waals surface area (Å²) in [4.78, 5) is 33.0. The lowest BCUT2D eigenvalue weighted by molar-refractivity contribution is -0.121. The minimum atomic E-state index is 0.120. The van der Waals surface area contributed by atoms with Gasteiger partial charge in [-0.3, -0.25) is 14.6 Å². The highest BCUT2D eigenvalue weighted by atomic mass is 16.2. The van der Waals surface area contributed by atoms with E-state index in [0.29, 0.717) is 18.9 Å². The summed E-state index contributed by atoms with van der Waals surface area (Å²) in [6.07, 6.45) is 6.01. The summed E-state index contributed by atoms with van der Waals surface area (Å²) in [5.41, 5.74) is 1.84. The van der Waals surface area contributed by atoms with Gasteiger partial charge >= 0.3 is 0 Å². The van der Waals surface area contributed by atoms with E-state index in [0.717, 1.165) is 68.9 Å². The van der Waals surface area contributed by atoms with E-state index in [4.69, 9.17) is 0 Å². The van der Waals surface area contributed by atoms with Crippen LogP contribution in [0.4, 0.5) is 0 Å². The second-order valence-electron chi connectivity index (χ2n) is 8.26. The molecule has 7 nitrogen and oxygen atoms in total. The van der Waals surface area contributed by atoms with Crippen molar-refractivity contribution in [1.82, 2.24) is 20.4 Å². The molecule has 164 valence electrons. The van der Waals surface area contributed by atoms with Gasteiger partial charge in [0.2, 0.25) is 5.91 Å². The Hall–Kier alpha value is -2.57. The lowest BCUT2D eigenvalue weighted by atomic mass is 9.93. The molecule has 2 fully saturated rings. The molecule has 2 N–H and O–H groups in total. The van der Waals surface area contributed by atoms with Crippen LogP contribution in [-0.2, 0) is 11.3 Å². The monoisotopic (exact) mass is 413 g/mol.